The van der Waals surface area contributed by atoms with Gasteiger partial charge in [0.1, 0.15) is 12.2 Å². The van der Waals surface area contributed by atoms with Gasteiger partial charge >= 0.3 is 0 Å². The second-order valence-electron chi connectivity index (χ2n) is 4.69. The van der Waals surface area contributed by atoms with E-state index in [0.717, 1.165) is 23.3 Å². The third kappa shape index (κ3) is 2.33. The van der Waals surface area contributed by atoms with E-state index in [4.69, 9.17) is 10.9 Å². The van der Waals surface area contributed by atoms with Crippen LogP contribution in [0.1, 0.15) is 18.3 Å². The molecule has 3 aromatic rings. The molecule has 0 aliphatic heterocycles. The molecule has 1 aromatic carbocycles. The minimum absolute atomic E-state index is 0.0985. The van der Waals surface area contributed by atoms with Crippen molar-refractivity contribution in [1.82, 2.24) is 19.3 Å². The predicted octanol–water partition coefficient (Wildman–Crippen LogP) is 1.40. The first-order valence-electron chi connectivity index (χ1n) is 6.66. The summed E-state index contributed by atoms with van der Waals surface area (Å²) in [4.78, 5) is 4.29. The topological polar surface area (TPSA) is 94.2 Å². The number of fused-ring (bicyclic) bond motifs is 1. The minimum Gasteiger partial charge on any atom is -0.409 e. The van der Waals surface area contributed by atoms with Crippen LogP contribution in [0.3, 0.4) is 0 Å². The highest BCUT2D eigenvalue weighted by atomic mass is 16.4. The zero-order valence-corrected chi connectivity index (χ0v) is 11.6. The van der Waals surface area contributed by atoms with Crippen molar-refractivity contribution in [1.29, 1.82) is 0 Å². The van der Waals surface area contributed by atoms with E-state index in [2.05, 4.69) is 19.8 Å². The van der Waals surface area contributed by atoms with Crippen LogP contribution in [0.5, 0.6) is 0 Å². The van der Waals surface area contributed by atoms with Crippen LogP contribution < -0.4 is 5.73 Å². The molecule has 7 heteroatoms. The molecule has 0 aliphatic rings. The lowest BCUT2D eigenvalue weighted by molar-refractivity contribution is 0.318. The minimum atomic E-state index is 0.0985. The summed E-state index contributed by atoms with van der Waals surface area (Å²) in [6.45, 7) is 3.43. The van der Waals surface area contributed by atoms with Crippen LogP contribution in [0.4, 0.5) is 0 Å². The molecule has 2 aromatic heterocycles. The molecule has 0 spiro atoms. The first-order chi connectivity index (χ1) is 10.2. The second-order valence-corrected chi connectivity index (χ2v) is 4.69. The van der Waals surface area contributed by atoms with Gasteiger partial charge in [0.05, 0.1) is 6.54 Å². The van der Waals surface area contributed by atoms with Crippen molar-refractivity contribution in [3.8, 4) is 0 Å². The highest BCUT2D eigenvalue weighted by Gasteiger charge is 2.08. The van der Waals surface area contributed by atoms with Gasteiger partial charge in [-0.05, 0) is 24.4 Å². The number of nitrogens with zero attached hydrogens (tertiary/aromatic N) is 5. The molecule has 2 heterocycles. The lowest BCUT2D eigenvalue weighted by Crippen LogP contribution is -2.13. The van der Waals surface area contributed by atoms with Crippen molar-refractivity contribution in [3.63, 3.8) is 0 Å². The SMILES string of the molecule is CCn1ncnc1Cn1ccc2ccc(/C(N)=N/O)cc21. The number of rotatable bonds is 4. The van der Waals surface area contributed by atoms with Crippen LogP contribution in [0.2, 0.25) is 0 Å². The van der Waals surface area contributed by atoms with E-state index < -0.39 is 0 Å². The van der Waals surface area contributed by atoms with E-state index in [1.807, 2.05) is 42.1 Å². The van der Waals surface area contributed by atoms with Gasteiger partial charge in [0.2, 0.25) is 0 Å². The summed E-state index contributed by atoms with van der Waals surface area (Å²) >= 11 is 0. The van der Waals surface area contributed by atoms with E-state index in [0.29, 0.717) is 12.1 Å². The van der Waals surface area contributed by atoms with E-state index >= 15 is 0 Å². The molecule has 108 valence electrons. The Bertz CT molecular complexity index is 801. The average Bonchev–Trinajstić information content (AvgIpc) is 3.13. The summed E-state index contributed by atoms with van der Waals surface area (Å²) in [7, 11) is 0. The number of nitrogens with two attached hydrogens (primary N) is 1. The van der Waals surface area contributed by atoms with Crippen molar-refractivity contribution >= 4 is 16.7 Å². The third-order valence-electron chi connectivity index (χ3n) is 3.48. The van der Waals surface area contributed by atoms with Crippen LogP contribution in [0, 0.1) is 0 Å². The molecule has 0 fully saturated rings. The monoisotopic (exact) mass is 284 g/mol. The highest BCUT2D eigenvalue weighted by Crippen LogP contribution is 2.18. The molecule has 0 aliphatic carbocycles. The van der Waals surface area contributed by atoms with Crippen molar-refractivity contribution in [2.24, 2.45) is 10.9 Å². The number of hydrogen-bond acceptors (Lipinski definition) is 4. The molecule has 21 heavy (non-hydrogen) atoms. The zero-order chi connectivity index (χ0) is 14.8. The maximum absolute atomic E-state index is 8.79. The van der Waals surface area contributed by atoms with Crippen LogP contribution in [-0.4, -0.2) is 30.4 Å². The van der Waals surface area contributed by atoms with Crippen LogP contribution >= 0.6 is 0 Å². The molecular weight excluding hydrogens is 268 g/mol. The Morgan fingerprint density at radius 1 is 1.38 bits per heavy atom. The number of hydrogen-bond donors (Lipinski definition) is 2. The molecule has 3 N–H and O–H groups in total. The van der Waals surface area contributed by atoms with Gasteiger partial charge in [-0.1, -0.05) is 17.3 Å². The van der Waals surface area contributed by atoms with E-state index in [1.54, 1.807) is 6.33 Å². The fourth-order valence-electron chi connectivity index (χ4n) is 2.37. The molecule has 0 radical (unpaired) electrons. The number of aryl methyl sites for hydroxylation is 1. The largest absolute Gasteiger partial charge is 0.409 e. The standard InChI is InChI=1S/C14H16N6O/c1-2-20-13(16-9-17-20)8-19-6-5-10-3-4-11(7-12(10)19)14(15)18-21/h3-7,9,21H,2,8H2,1H3,(H2,15,18). The lowest BCUT2D eigenvalue weighted by atomic mass is 10.1. The summed E-state index contributed by atoms with van der Waals surface area (Å²) in [6.07, 6.45) is 3.56. The Morgan fingerprint density at radius 3 is 3.00 bits per heavy atom. The number of aromatic nitrogens is 4. The molecule has 0 saturated heterocycles. The first-order valence-corrected chi connectivity index (χ1v) is 6.66. The average molecular weight is 284 g/mol. The molecule has 0 saturated carbocycles. The van der Waals surface area contributed by atoms with Gasteiger partial charge in [-0.15, -0.1) is 0 Å². The molecule has 0 atom stereocenters. The smallest absolute Gasteiger partial charge is 0.170 e. The van der Waals surface area contributed by atoms with Gasteiger partial charge in [-0.2, -0.15) is 5.10 Å². The van der Waals surface area contributed by atoms with Crippen molar-refractivity contribution in [2.45, 2.75) is 20.0 Å². The fraction of sp³-hybridized carbons (Fsp3) is 0.214. The quantitative estimate of drug-likeness (QED) is 0.328. The molecular formula is C14H16N6O. The summed E-state index contributed by atoms with van der Waals surface area (Å²) in [6, 6.07) is 7.70. The van der Waals surface area contributed by atoms with Crippen LogP contribution in [0.25, 0.3) is 10.9 Å². The predicted molar refractivity (Wildman–Crippen MR) is 79.2 cm³/mol. The Balaban J connectivity index is 2.03. The second kappa shape index (κ2) is 5.28. The Kier molecular flexibility index (Phi) is 3.31. The molecule has 0 amide bonds. The summed E-state index contributed by atoms with van der Waals surface area (Å²) in [5.74, 6) is 0.991. The molecule has 7 nitrogen and oxygen atoms in total. The number of amidine groups is 1. The summed E-state index contributed by atoms with van der Waals surface area (Å²) in [5.41, 5.74) is 7.34. The van der Waals surface area contributed by atoms with Crippen LogP contribution in [-0.2, 0) is 13.1 Å². The molecule has 0 bridgehead atoms. The van der Waals surface area contributed by atoms with Gasteiger partial charge in [-0.25, -0.2) is 9.67 Å². The Morgan fingerprint density at radius 2 is 2.24 bits per heavy atom. The maximum atomic E-state index is 8.79. The normalized spacial score (nSPS) is 12.1. The number of oxime groups is 1. The van der Waals surface area contributed by atoms with Gasteiger partial charge in [0.25, 0.3) is 0 Å². The number of benzene rings is 1. The Hall–Kier alpha value is -2.83. The highest BCUT2D eigenvalue weighted by molar-refractivity contribution is 6.00. The molecule has 3 rings (SSSR count). The van der Waals surface area contributed by atoms with E-state index in [1.165, 1.54) is 0 Å². The van der Waals surface area contributed by atoms with Gasteiger partial charge in [0.15, 0.2) is 5.84 Å². The van der Waals surface area contributed by atoms with Gasteiger partial charge in [0, 0.05) is 23.8 Å². The maximum Gasteiger partial charge on any atom is 0.170 e. The zero-order valence-electron chi connectivity index (χ0n) is 11.6. The Labute approximate surface area is 121 Å². The molecule has 0 unspecified atom stereocenters. The van der Waals surface area contributed by atoms with E-state index in [-0.39, 0.29) is 5.84 Å². The summed E-state index contributed by atoms with van der Waals surface area (Å²) in [5, 5.41) is 17.1. The lowest BCUT2D eigenvalue weighted by Gasteiger charge is -2.07. The van der Waals surface area contributed by atoms with Gasteiger partial charge in [-0.3, -0.25) is 0 Å². The fourth-order valence-corrected chi connectivity index (χ4v) is 2.37. The third-order valence-corrected chi connectivity index (χ3v) is 3.48. The van der Waals surface area contributed by atoms with Crippen LogP contribution in [0.15, 0.2) is 41.9 Å². The van der Waals surface area contributed by atoms with Crippen molar-refractivity contribution in [3.05, 3.63) is 48.2 Å². The van der Waals surface area contributed by atoms with E-state index in [9.17, 15) is 0 Å². The van der Waals surface area contributed by atoms with Gasteiger partial charge < -0.3 is 15.5 Å². The van der Waals surface area contributed by atoms with Crippen molar-refractivity contribution in [2.75, 3.05) is 0 Å². The summed E-state index contributed by atoms with van der Waals surface area (Å²) < 4.78 is 3.93. The first kappa shape index (κ1) is 13.2. The van der Waals surface area contributed by atoms with Crippen molar-refractivity contribution < 1.29 is 5.21 Å².